The van der Waals surface area contributed by atoms with Crippen LogP contribution < -0.4 is 21.7 Å². The Balaban J connectivity index is 2.20. The number of amides is 3. The van der Waals surface area contributed by atoms with Gasteiger partial charge in [0.15, 0.2) is 0 Å². The Morgan fingerprint density at radius 1 is 0.943 bits per heavy atom. The van der Waals surface area contributed by atoms with Crippen molar-refractivity contribution in [3.63, 3.8) is 0 Å². The number of hydrogen-bond donors (Lipinski definition) is 7. The Morgan fingerprint density at radius 3 is 2.20 bits per heavy atom. The fourth-order valence-electron chi connectivity index (χ4n) is 3.46. The van der Waals surface area contributed by atoms with Crippen LogP contribution >= 0.6 is 0 Å². The van der Waals surface area contributed by atoms with Crippen molar-refractivity contribution < 1.29 is 34.2 Å². The van der Waals surface area contributed by atoms with Crippen molar-refractivity contribution in [2.45, 2.75) is 57.8 Å². The van der Waals surface area contributed by atoms with E-state index in [0.717, 1.165) is 10.9 Å². The minimum absolute atomic E-state index is 0.0272. The molecule has 4 unspecified atom stereocenters. The van der Waals surface area contributed by atoms with Crippen LogP contribution in [0.2, 0.25) is 0 Å². The van der Waals surface area contributed by atoms with Gasteiger partial charge in [0.2, 0.25) is 17.7 Å². The van der Waals surface area contributed by atoms with Gasteiger partial charge in [-0.1, -0.05) is 32.0 Å². The summed E-state index contributed by atoms with van der Waals surface area (Å²) in [4.78, 5) is 63.4. The molecule has 12 heteroatoms. The molecule has 8 N–H and O–H groups in total. The fourth-order valence-corrected chi connectivity index (χ4v) is 3.46. The van der Waals surface area contributed by atoms with E-state index < -0.39 is 60.2 Å². The molecular weight excluding hydrogens is 458 g/mol. The van der Waals surface area contributed by atoms with Crippen molar-refractivity contribution in [1.82, 2.24) is 20.9 Å². The van der Waals surface area contributed by atoms with Crippen LogP contribution in [0.15, 0.2) is 30.5 Å². The van der Waals surface area contributed by atoms with Gasteiger partial charge in [0, 0.05) is 23.5 Å². The summed E-state index contributed by atoms with van der Waals surface area (Å²) >= 11 is 0. The van der Waals surface area contributed by atoms with Crippen molar-refractivity contribution in [1.29, 1.82) is 0 Å². The van der Waals surface area contributed by atoms with Gasteiger partial charge >= 0.3 is 11.9 Å². The molecule has 0 saturated heterocycles. The molecule has 190 valence electrons. The minimum atomic E-state index is -1.38. The van der Waals surface area contributed by atoms with Crippen LogP contribution in [-0.2, 0) is 30.4 Å². The van der Waals surface area contributed by atoms with Crippen LogP contribution in [0.1, 0.15) is 32.8 Å². The number of aromatic amines is 1. The first-order valence-electron chi connectivity index (χ1n) is 11.1. The van der Waals surface area contributed by atoms with E-state index >= 15 is 0 Å². The molecule has 1 aromatic carbocycles. The number of rotatable bonds is 12. The van der Waals surface area contributed by atoms with Gasteiger partial charge in [-0.3, -0.25) is 19.2 Å². The van der Waals surface area contributed by atoms with E-state index in [1.807, 2.05) is 24.3 Å². The van der Waals surface area contributed by atoms with Crippen LogP contribution in [0.25, 0.3) is 10.9 Å². The normalized spacial score (nSPS) is 14.5. The highest BCUT2D eigenvalue weighted by Gasteiger charge is 2.30. The molecule has 1 heterocycles. The molecule has 0 saturated carbocycles. The van der Waals surface area contributed by atoms with Gasteiger partial charge < -0.3 is 36.9 Å². The van der Waals surface area contributed by atoms with Gasteiger partial charge in [-0.25, -0.2) is 4.79 Å². The van der Waals surface area contributed by atoms with E-state index in [0.29, 0.717) is 5.56 Å². The number of carbonyl (C=O) groups is 5. The van der Waals surface area contributed by atoms with Gasteiger partial charge in [-0.15, -0.1) is 0 Å². The maximum atomic E-state index is 13.1. The monoisotopic (exact) mass is 489 g/mol. The molecule has 0 fully saturated rings. The van der Waals surface area contributed by atoms with Gasteiger partial charge in [0.05, 0.1) is 12.5 Å². The van der Waals surface area contributed by atoms with E-state index in [-0.39, 0.29) is 12.3 Å². The Morgan fingerprint density at radius 2 is 1.60 bits per heavy atom. The molecule has 0 bridgehead atoms. The largest absolute Gasteiger partial charge is 0.481 e. The predicted molar refractivity (Wildman–Crippen MR) is 126 cm³/mol. The van der Waals surface area contributed by atoms with Crippen molar-refractivity contribution in [2.75, 3.05) is 0 Å². The zero-order chi connectivity index (χ0) is 26.3. The number of carbonyl (C=O) groups excluding carboxylic acids is 3. The maximum Gasteiger partial charge on any atom is 0.326 e. The number of nitrogens with two attached hydrogens (primary N) is 1. The van der Waals surface area contributed by atoms with Crippen LogP contribution in [0, 0.1) is 5.92 Å². The Labute approximate surface area is 201 Å². The zero-order valence-corrected chi connectivity index (χ0v) is 19.7. The van der Waals surface area contributed by atoms with Crippen LogP contribution in [0.5, 0.6) is 0 Å². The Hall–Kier alpha value is -3.93. The first-order valence-corrected chi connectivity index (χ1v) is 11.1. The van der Waals surface area contributed by atoms with Crippen molar-refractivity contribution in [3.05, 3.63) is 36.0 Å². The minimum Gasteiger partial charge on any atom is -0.481 e. The molecule has 1 aromatic heterocycles. The number of aromatic nitrogens is 1. The molecule has 35 heavy (non-hydrogen) atoms. The molecule has 12 nitrogen and oxygen atoms in total. The average Bonchev–Trinajstić information content (AvgIpc) is 3.18. The molecule has 4 atom stereocenters. The highest BCUT2D eigenvalue weighted by Crippen LogP contribution is 2.19. The van der Waals surface area contributed by atoms with E-state index in [9.17, 15) is 29.1 Å². The second-order valence-electron chi connectivity index (χ2n) is 8.63. The van der Waals surface area contributed by atoms with E-state index in [1.54, 1.807) is 20.0 Å². The third-order valence-electron chi connectivity index (χ3n) is 5.45. The lowest BCUT2D eigenvalue weighted by atomic mass is 10.0. The lowest BCUT2D eigenvalue weighted by Crippen LogP contribution is -2.57. The molecule has 0 aliphatic heterocycles. The van der Waals surface area contributed by atoms with E-state index in [1.165, 1.54) is 6.92 Å². The summed E-state index contributed by atoms with van der Waals surface area (Å²) in [6, 6.07) is 2.51. The lowest BCUT2D eigenvalue weighted by Gasteiger charge is -2.24. The van der Waals surface area contributed by atoms with Crippen LogP contribution in [0.4, 0.5) is 0 Å². The number of benzene rings is 1. The molecule has 0 radical (unpaired) electrons. The van der Waals surface area contributed by atoms with Gasteiger partial charge in [-0.2, -0.15) is 0 Å². The summed E-state index contributed by atoms with van der Waals surface area (Å²) in [5.41, 5.74) is 7.16. The van der Waals surface area contributed by atoms with E-state index in [4.69, 9.17) is 10.8 Å². The highest BCUT2D eigenvalue weighted by atomic mass is 16.4. The summed E-state index contributed by atoms with van der Waals surface area (Å²) < 4.78 is 0. The number of aliphatic carboxylic acids is 2. The molecule has 0 spiro atoms. The maximum absolute atomic E-state index is 13.1. The molecule has 3 amide bonds. The summed E-state index contributed by atoms with van der Waals surface area (Å²) in [7, 11) is 0. The molecule has 0 aliphatic rings. The first kappa shape index (κ1) is 27.3. The standard InChI is InChI=1S/C23H31N5O7/c1-11(2)19(23(34)35)28-20(31)12(3)26-22(33)17(27-21(32)15(24)9-18(29)30)8-13-10-25-16-7-5-4-6-14(13)16/h4-7,10-12,15,17,19,25H,8-9,24H2,1-3H3,(H,26,33)(H,27,32)(H,28,31)(H,29,30)(H,34,35). The van der Waals surface area contributed by atoms with Crippen LogP contribution in [0.3, 0.4) is 0 Å². The van der Waals surface area contributed by atoms with Crippen molar-refractivity contribution in [2.24, 2.45) is 11.7 Å². The number of hydrogen-bond acceptors (Lipinski definition) is 6. The number of H-pyrrole nitrogens is 1. The summed E-state index contributed by atoms with van der Waals surface area (Å²) in [5, 5.41) is 26.3. The number of para-hydroxylation sites is 1. The molecule has 2 rings (SSSR count). The predicted octanol–water partition coefficient (Wildman–Crippen LogP) is -0.273. The zero-order valence-electron chi connectivity index (χ0n) is 19.7. The quantitative estimate of drug-likeness (QED) is 0.211. The smallest absolute Gasteiger partial charge is 0.326 e. The lowest BCUT2D eigenvalue weighted by molar-refractivity contribution is -0.143. The number of carboxylic acid groups (broad SMARTS) is 2. The average molecular weight is 490 g/mol. The SMILES string of the molecule is CC(NC(=O)C(Cc1c[nH]c2ccccc12)NC(=O)C(N)CC(=O)O)C(=O)NC(C(=O)O)C(C)C. The molecule has 2 aromatic rings. The Bertz CT molecular complexity index is 1100. The number of carboxylic acids is 2. The number of fused-ring (bicyclic) bond motifs is 1. The van der Waals surface area contributed by atoms with E-state index in [2.05, 4.69) is 20.9 Å². The first-order chi connectivity index (χ1) is 16.4. The van der Waals surface area contributed by atoms with Crippen molar-refractivity contribution >= 4 is 40.6 Å². The van der Waals surface area contributed by atoms with Gasteiger partial charge in [0.25, 0.3) is 0 Å². The fraction of sp³-hybridized carbons (Fsp3) is 0.435. The number of nitrogens with one attached hydrogen (secondary N) is 4. The van der Waals surface area contributed by atoms with Gasteiger partial charge in [0.1, 0.15) is 18.1 Å². The highest BCUT2D eigenvalue weighted by molar-refractivity contribution is 5.95. The summed E-state index contributed by atoms with van der Waals surface area (Å²) in [5.74, 6) is -5.12. The topological polar surface area (TPSA) is 204 Å². The van der Waals surface area contributed by atoms with Crippen molar-refractivity contribution in [3.8, 4) is 0 Å². The second-order valence-corrected chi connectivity index (χ2v) is 8.63. The molecule has 0 aliphatic carbocycles. The van der Waals surface area contributed by atoms with Gasteiger partial charge in [-0.05, 0) is 24.5 Å². The third kappa shape index (κ3) is 7.54. The van der Waals surface area contributed by atoms with Crippen LogP contribution in [-0.4, -0.2) is 69.0 Å². The molecular formula is C23H31N5O7. The summed E-state index contributed by atoms with van der Waals surface area (Å²) in [6.07, 6.45) is 1.09. The summed E-state index contributed by atoms with van der Waals surface area (Å²) in [6.45, 7) is 4.65. The Kier molecular flexibility index (Phi) is 9.34. The third-order valence-corrected chi connectivity index (χ3v) is 5.45. The second kappa shape index (κ2) is 12.0.